The molecule has 0 atom stereocenters. The van der Waals surface area contributed by atoms with Crippen molar-refractivity contribution in [2.75, 3.05) is 4.90 Å². The molecule has 0 radical (unpaired) electrons. The zero-order chi connectivity index (χ0) is 39.7. The van der Waals surface area contributed by atoms with Crippen LogP contribution >= 0.6 is 0 Å². The lowest BCUT2D eigenvalue weighted by Crippen LogP contribution is -2.55. The Bertz CT molecular complexity index is 2750. The van der Waals surface area contributed by atoms with Gasteiger partial charge in [0.25, 0.3) is 0 Å². The van der Waals surface area contributed by atoms with Crippen molar-refractivity contribution in [3.8, 4) is 33.4 Å². The molecule has 7 aromatic rings. The molecule has 7 aromatic carbocycles. The molecule has 6 aliphatic carbocycles. The van der Waals surface area contributed by atoms with E-state index >= 15 is 0 Å². The van der Waals surface area contributed by atoms with E-state index in [9.17, 15) is 0 Å². The van der Waals surface area contributed by atoms with Crippen molar-refractivity contribution in [2.24, 2.45) is 23.7 Å². The van der Waals surface area contributed by atoms with Crippen molar-refractivity contribution in [1.29, 1.82) is 0 Å². The van der Waals surface area contributed by atoms with Crippen LogP contribution in [0.1, 0.15) is 94.9 Å². The van der Waals surface area contributed by atoms with Gasteiger partial charge in [-0.25, -0.2) is 0 Å². The van der Waals surface area contributed by atoms with Crippen LogP contribution in [0.25, 0.3) is 44.2 Å². The van der Waals surface area contributed by atoms with E-state index in [1.54, 1.807) is 11.1 Å². The molecule has 0 amide bonds. The van der Waals surface area contributed by atoms with Crippen LogP contribution < -0.4 is 4.90 Å². The standard InChI is InChI=1S/C58H55N/c1-56(2)29-30-57(3,4)53-36-45(25-27-51(53)56)59(44-23-21-41(22-24-44)47-19-12-16-39-15-8-9-17-46(39)47)55-48(40-13-6-5-7-14-40)26-28-52-54(55)49-18-10-11-20-50(49)58(52)42-32-37-31-38(34-42)35-43(58)33-37/h5-28,36-38,42-43H,29-35H2,1-4H3. The first-order valence-electron chi connectivity index (χ1n) is 22.6. The van der Waals surface area contributed by atoms with Crippen LogP contribution in [-0.2, 0) is 16.2 Å². The van der Waals surface area contributed by atoms with Gasteiger partial charge in [-0.3, -0.25) is 0 Å². The molecule has 0 heterocycles. The zero-order valence-corrected chi connectivity index (χ0v) is 35.1. The van der Waals surface area contributed by atoms with E-state index < -0.39 is 0 Å². The number of fused-ring (bicyclic) bond motifs is 5. The molecule has 0 saturated heterocycles. The highest BCUT2D eigenvalue weighted by molar-refractivity contribution is 6.03. The number of nitrogens with zero attached hydrogens (tertiary/aromatic N) is 1. The van der Waals surface area contributed by atoms with Crippen LogP contribution in [0.4, 0.5) is 17.1 Å². The lowest BCUT2D eigenvalue weighted by Gasteiger charge is -2.61. The van der Waals surface area contributed by atoms with Crippen LogP contribution in [0.5, 0.6) is 0 Å². The Kier molecular flexibility index (Phi) is 7.71. The van der Waals surface area contributed by atoms with E-state index in [1.165, 1.54) is 117 Å². The van der Waals surface area contributed by atoms with Crippen molar-refractivity contribution < 1.29 is 0 Å². The molecule has 292 valence electrons. The molecule has 1 heteroatoms. The minimum absolute atomic E-state index is 0.0784. The summed E-state index contributed by atoms with van der Waals surface area (Å²) in [5, 5.41) is 2.57. The van der Waals surface area contributed by atoms with Crippen LogP contribution in [0.3, 0.4) is 0 Å². The third-order valence-corrected chi connectivity index (χ3v) is 16.3. The number of hydrogen-bond donors (Lipinski definition) is 0. The number of anilines is 3. The van der Waals surface area contributed by atoms with Crippen LogP contribution in [0, 0.1) is 23.7 Å². The molecular weight excluding hydrogens is 711 g/mol. The van der Waals surface area contributed by atoms with E-state index in [0.29, 0.717) is 11.8 Å². The summed E-state index contributed by atoms with van der Waals surface area (Å²) in [7, 11) is 0. The molecular formula is C58H55N. The molecule has 4 bridgehead atoms. The third-order valence-electron chi connectivity index (χ3n) is 16.3. The lowest BCUT2D eigenvalue weighted by molar-refractivity contribution is -0.0399. The smallest absolute Gasteiger partial charge is 0.0621 e. The summed E-state index contributed by atoms with van der Waals surface area (Å²) in [5.41, 5.74) is 18.3. The monoisotopic (exact) mass is 765 g/mol. The molecule has 59 heavy (non-hydrogen) atoms. The van der Waals surface area contributed by atoms with Crippen molar-refractivity contribution >= 4 is 27.8 Å². The van der Waals surface area contributed by atoms with Gasteiger partial charge >= 0.3 is 0 Å². The largest absolute Gasteiger partial charge is 0.309 e. The van der Waals surface area contributed by atoms with Crippen molar-refractivity contribution in [3.63, 3.8) is 0 Å². The molecule has 4 fully saturated rings. The Morgan fingerprint density at radius 2 is 1.03 bits per heavy atom. The fourth-order valence-electron chi connectivity index (χ4n) is 13.7. The quantitative estimate of drug-likeness (QED) is 0.169. The molecule has 0 unspecified atom stereocenters. The van der Waals surface area contributed by atoms with E-state index in [2.05, 4.69) is 184 Å². The average molecular weight is 766 g/mol. The summed E-state index contributed by atoms with van der Waals surface area (Å²) in [6, 6.07) is 58.6. The summed E-state index contributed by atoms with van der Waals surface area (Å²) in [6.45, 7) is 9.83. The second kappa shape index (κ2) is 12.8. The van der Waals surface area contributed by atoms with Gasteiger partial charge in [-0.2, -0.15) is 0 Å². The molecule has 6 aliphatic rings. The summed E-state index contributed by atoms with van der Waals surface area (Å²) in [4.78, 5) is 2.68. The Hall–Kier alpha value is -5.40. The van der Waals surface area contributed by atoms with Crippen molar-refractivity contribution in [3.05, 3.63) is 174 Å². The van der Waals surface area contributed by atoms with E-state index in [-0.39, 0.29) is 16.2 Å². The molecule has 0 aromatic heterocycles. The maximum atomic E-state index is 2.68. The first kappa shape index (κ1) is 35.5. The van der Waals surface area contributed by atoms with Gasteiger partial charge in [0, 0.05) is 27.9 Å². The minimum Gasteiger partial charge on any atom is -0.309 e. The van der Waals surface area contributed by atoms with Crippen molar-refractivity contribution in [2.45, 2.75) is 88.9 Å². The number of benzene rings is 7. The predicted octanol–water partition coefficient (Wildman–Crippen LogP) is 15.7. The fourth-order valence-corrected chi connectivity index (χ4v) is 13.7. The summed E-state index contributed by atoms with van der Waals surface area (Å²) in [6.07, 6.45) is 9.38. The Labute approximate surface area is 351 Å². The SMILES string of the molecule is CC1(C)CCC(C)(C)c2cc(N(c3ccc(-c4cccc5ccccc45)cc3)c3c(-c4ccccc4)ccc4c3-c3ccccc3C43C4CC5CC(C4)CC3C5)ccc21. The van der Waals surface area contributed by atoms with Crippen LogP contribution in [0.15, 0.2) is 152 Å². The third kappa shape index (κ3) is 5.16. The molecule has 0 aliphatic heterocycles. The Morgan fingerprint density at radius 1 is 0.441 bits per heavy atom. The summed E-state index contributed by atoms with van der Waals surface area (Å²) in [5.74, 6) is 3.22. The van der Waals surface area contributed by atoms with E-state index in [1.807, 2.05) is 0 Å². The maximum Gasteiger partial charge on any atom is 0.0621 e. The number of rotatable bonds is 5. The highest BCUT2D eigenvalue weighted by atomic mass is 15.1. The molecule has 0 N–H and O–H groups in total. The van der Waals surface area contributed by atoms with Crippen LogP contribution in [-0.4, -0.2) is 0 Å². The maximum absolute atomic E-state index is 2.68. The fraction of sp³-hybridized carbons (Fsp3) is 0.310. The van der Waals surface area contributed by atoms with E-state index in [0.717, 1.165) is 11.8 Å². The van der Waals surface area contributed by atoms with Gasteiger partial charge in [0.2, 0.25) is 0 Å². The summed E-state index contributed by atoms with van der Waals surface area (Å²) >= 11 is 0. The van der Waals surface area contributed by atoms with Gasteiger partial charge in [0.1, 0.15) is 0 Å². The highest BCUT2D eigenvalue weighted by Crippen LogP contribution is 2.71. The minimum atomic E-state index is 0.0784. The molecule has 1 nitrogen and oxygen atoms in total. The molecule has 13 rings (SSSR count). The second-order valence-corrected chi connectivity index (χ2v) is 20.4. The van der Waals surface area contributed by atoms with Crippen molar-refractivity contribution in [1.82, 2.24) is 0 Å². The molecule has 1 spiro atoms. The zero-order valence-electron chi connectivity index (χ0n) is 35.1. The van der Waals surface area contributed by atoms with Gasteiger partial charge in [-0.1, -0.05) is 155 Å². The highest BCUT2D eigenvalue weighted by Gasteiger charge is 2.62. The van der Waals surface area contributed by atoms with Gasteiger partial charge in [0.05, 0.1) is 5.69 Å². The van der Waals surface area contributed by atoms with E-state index in [4.69, 9.17) is 0 Å². The average Bonchev–Trinajstić information content (AvgIpc) is 3.55. The van der Waals surface area contributed by atoms with Gasteiger partial charge in [-0.05, 0) is 159 Å². The second-order valence-electron chi connectivity index (χ2n) is 20.4. The first-order valence-corrected chi connectivity index (χ1v) is 22.6. The predicted molar refractivity (Wildman–Crippen MR) is 248 cm³/mol. The van der Waals surface area contributed by atoms with Gasteiger partial charge in [-0.15, -0.1) is 0 Å². The lowest BCUT2D eigenvalue weighted by atomic mass is 9.43. The molecule has 4 saturated carbocycles. The van der Waals surface area contributed by atoms with Gasteiger partial charge in [0.15, 0.2) is 0 Å². The Balaban J connectivity index is 1.15. The van der Waals surface area contributed by atoms with Crippen LogP contribution in [0.2, 0.25) is 0 Å². The van der Waals surface area contributed by atoms with Gasteiger partial charge < -0.3 is 4.90 Å². The summed E-state index contributed by atoms with van der Waals surface area (Å²) < 4.78 is 0. The normalized spacial score (nSPS) is 25.2. The Morgan fingerprint density at radius 3 is 1.80 bits per heavy atom. The number of hydrogen-bond acceptors (Lipinski definition) is 1. The first-order chi connectivity index (χ1) is 28.7. The topological polar surface area (TPSA) is 3.24 Å².